The van der Waals surface area contributed by atoms with Crippen molar-refractivity contribution in [1.29, 1.82) is 0 Å². The van der Waals surface area contributed by atoms with Crippen molar-refractivity contribution in [3.8, 4) is 12.3 Å². The van der Waals surface area contributed by atoms with Crippen LogP contribution in [-0.4, -0.2) is 89.2 Å². The third-order valence-corrected chi connectivity index (χ3v) is 9.77. The van der Waals surface area contributed by atoms with Crippen LogP contribution in [0.5, 0.6) is 0 Å². The Morgan fingerprint density at radius 1 is 0.880 bits per heavy atom. The van der Waals surface area contributed by atoms with Crippen molar-refractivity contribution in [3.05, 3.63) is 71.8 Å². The van der Waals surface area contributed by atoms with Crippen LogP contribution in [0, 0.1) is 30.1 Å². The Hall–Kier alpha value is -3.71. The minimum absolute atomic E-state index is 0.0333. The fraction of sp³-hybridized carbons (Fsp3) is 0.585. The predicted molar refractivity (Wildman–Crippen MR) is 199 cm³/mol. The quantitative estimate of drug-likeness (QED) is 0.152. The number of rotatable bonds is 20. The van der Waals surface area contributed by atoms with Gasteiger partial charge < -0.3 is 30.6 Å². The zero-order valence-corrected chi connectivity index (χ0v) is 30.6. The van der Waals surface area contributed by atoms with Gasteiger partial charge in [-0.3, -0.25) is 14.4 Å². The van der Waals surface area contributed by atoms with Crippen LogP contribution in [0.15, 0.2) is 60.7 Å². The minimum atomic E-state index is -1.16. The summed E-state index contributed by atoms with van der Waals surface area (Å²) in [5, 5.41) is 27.9. The maximum absolute atomic E-state index is 13.9. The average molecular weight is 689 g/mol. The van der Waals surface area contributed by atoms with Crippen LogP contribution in [0.4, 0.5) is 0 Å². The predicted octanol–water partition coefficient (Wildman–Crippen LogP) is 4.56. The summed E-state index contributed by atoms with van der Waals surface area (Å²) in [7, 11) is 3.76. The van der Waals surface area contributed by atoms with E-state index in [4.69, 9.17) is 6.42 Å². The second kappa shape index (κ2) is 21.5. The maximum Gasteiger partial charge on any atom is 0.243 e. The number of terminal acetylenes is 1. The number of nitrogens with zero attached hydrogens (tertiary/aromatic N) is 2. The summed E-state index contributed by atoms with van der Waals surface area (Å²) in [6.07, 6.45) is 10.1. The number of aliphatic hydroxyl groups excluding tert-OH is 2. The van der Waals surface area contributed by atoms with E-state index in [0.717, 1.165) is 37.8 Å². The van der Waals surface area contributed by atoms with Gasteiger partial charge in [0.15, 0.2) is 0 Å². The molecular formula is C41H60N4O5. The average Bonchev–Trinajstić information content (AvgIpc) is 3.10. The molecule has 0 bridgehead atoms. The molecule has 1 aliphatic rings. The lowest BCUT2D eigenvalue weighted by Gasteiger charge is -2.33. The van der Waals surface area contributed by atoms with E-state index >= 15 is 0 Å². The van der Waals surface area contributed by atoms with E-state index in [1.807, 2.05) is 69.4 Å². The molecule has 9 nitrogen and oxygen atoms in total. The van der Waals surface area contributed by atoms with Crippen LogP contribution < -0.4 is 10.6 Å². The number of amides is 3. The lowest BCUT2D eigenvalue weighted by Crippen LogP contribution is -2.56. The summed E-state index contributed by atoms with van der Waals surface area (Å²) in [5.41, 5.74) is 2.09. The molecule has 0 spiro atoms. The Kier molecular flexibility index (Phi) is 17.5. The fourth-order valence-electron chi connectivity index (χ4n) is 6.80. The highest BCUT2D eigenvalue weighted by molar-refractivity contribution is 5.91. The topological polar surface area (TPSA) is 122 Å². The number of hydrogen-bond donors (Lipinski definition) is 4. The van der Waals surface area contributed by atoms with E-state index in [2.05, 4.69) is 33.6 Å². The molecule has 2 aromatic rings. The summed E-state index contributed by atoms with van der Waals surface area (Å²) in [4.78, 5) is 44.9. The number of carbonyl (C=O) groups excluding carboxylic acids is 3. The Morgan fingerprint density at radius 2 is 1.50 bits per heavy atom. The Balaban J connectivity index is 1.70. The van der Waals surface area contributed by atoms with Crippen molar-refractivity contribution in [3.63, 3.8) is 0 Å². The lowest BCUT2D eigenvalue weighted by atomic mass is 9.82. The normalized spacial score (nSPS) is 16.5. The molecule has 0 aromatic heterocycles. The largest absolute Gasteiger partial charge is 0.390 e. The zero-order chi connectivity index (χ0) is 36.5. The molecule has 1 saturated carbocycles. The molecule has 3 rings (SSSR count). The monoisotopic (exact) mass is 688 g/mol. The van der Waals surface area contributed by atoms with Crippen molar-refractivity contribution in [2.75, 3.05) is 27.2 Å². The van der Waals surface area contributed by atoms with Gasteiger partial charge in [-0.1, -0.05) is 107 Å². The molecule has 2 aromatic carbocycles. The van der Waals surface area contributed by atoms with Gasteiger partial charge in [0, 0.05) is 39.5 Å². The second-order valence-electron chi connectivity index (χ2n) is 14.6. The van der Waals surface area contributed by atoms with Gasteiger partial charge in [0.25, 0.3) is 0 Å². The van der Waals surface area contributed by atoms with Gasteiger partial charge in [-0.15, -0.1) is 12.3 Å². The van der Waals surface area contributed by atoms with Crippen LogP contribution in [0.25, 0.3) is 0 Å². The van der Waals surface area contributed by atoms with E-state index < -0.39 is 42.0 Å². The highest BCUT2D eigenvalue weighted by Gasteiger charge is 2.34. The molecule has 5 atom stereocenters. The molecule has 3 unspecified atom stereocenters. The van der Waals surface area contributed by atoms with Gasteiger partial charge in [0.05, 0.1) is 18.1 Å². The van der Waals surface area contributed by atoms with Crippen LogP contribution in [0.2, 0.25) is 0 Å². The Morgan fingerprint density at radius 3 is 2.10 bits per heavy atom. The minimum Gasteiger partial charge on any atom is -0.390 e. The van der Waals surface area contributed by atoms with Crippen molar-refractivity contribution >= 4 is 17.7 Å². The van der Waals surface area contributed by atoms with Gasteiger partial charge in [0.2, 0.25) is 17.7 Å². The van der Waals surface area contributed by atoms with Crippen molar-refractivity contribution in [1.82, 2.24) is 20.4 Å². The molecule has 0 aliphatic heterocycles. The van der Waals surface area contributed by atoms with Crippen LogP contribution in [-0.2, 0) is 27.3 Å². The highest BCUT2D eigenvalue weighted by Crippen LogP contribution is 2.29. The molecule has 3 amide bonds. The molecule has 0 saturated heterocycles. The van der Waals surface area contributed by atoms with E-state index in [1.54, 1.807) is 11.9 Å². The van der Waals surface area contributed by atoms with Crippen LogP contribution in [0.3, 0.4) is 0 Å². The highest BCUT2D eigenvalue weighted by atomic mass is 16.3. The molecule has 1 aliphatic carbocycles. The smallest absolute Gasteiger partial charge is 0.243 e. The van der Waals surface area contributed by atoms with Crippen molar-refractivity contribution in [2.45, 2.75) is 109 Å². The van der Waals surface area contributed by atoms with Gasteiger partial charge in [-0.25, -0.2) is 0 Å². The van der Waals surface area contributed by atoms with Gasteiger partial charge in [0.1, 0.15) is 12.1 Å². The number of likely N-dealkylation sites (N-methyl/N-ethyl adjacent to an activating group) is 2. The molecule has 274 valence electrons. The number of aliphatic hydroxyl groups is 2. The summed E-state index contributed by atoms with van der Waals surface area (Å²) in [6.45, 7) is 5.87. The number of carbonyl (C=O) groups is 3. The van der Waals surface area contributed by atoms with E-state index in [1.165, 1.54) is 12.0 Å². The third kappa shape index (κ3) is 14.3. The zero-order valence-electron chi connectivity index (χ0n) is 30.6. The van der Waals surface area contributed by atoms with Crippen molar-refractivity contribution in [2.24, 2.45) is 17.8 Å². The molecule has 50 heavy (non-hydrogen) atoms. The van der Waals surface area contributed by atoms with Crippen LogP contribution in [0.1, 0.15) is 82.8 Å². The fourth-order valence-corrected chi connectivity index (χ4v) is 6.80. The SMILES string of the molecule is C#CC[C@H](NC(=O)C(CC(=O)N(C)CCN(C)Cc1ccccc1)Cc1ccccc1)C(=O)NC(CC1CCCCC1)[C@@H](O)C(O)CC(C)C. The standard InChI is InChI=1S/C41H60N4O5/c1-6-16-35(41(50)43-36(27-32-19-12-8-13-20-32)39(48)37(46)25-30(2)3)42-40(49)34(26-31-17-10-7-11-18-31)28-38(47)45(5)24-23-44(4)29-33-21-14-9-15-22-33/h1,7,9-11,14-15,17-18,21-22,30,32,34-37,39,46,48H,8,12-13,16,19-20,23-29H2,2-5H3,(H,42,49)(H,43,50)/t34?,35-,36?,37?,39+/m0/s1. The first-order valence-corrected chi connectivity index (χ1v) is 18.4. The molecular weight excluding hydrogens is 628 g/mol. The summed E-state index contributed by atoms with van der Waals surface area (Å²) >= 11 is 0. The first-order valence-electron chi connectivity index (χ1n) is 18.4. The van der Waals surface area contributed by atoms with Gasteiger partial charge >= 0.3 is 0 Å². The summed E-state index contributed by atoms with van der Waals surface area (Å²) < 4.78 is 0. The number of hydrogen-bond acceptors (Lipinski definition) is 6. The molecule has 0 radical (unpaired) electrons. The van der Waals surface area contributed by atoms with E-state index in [9.17, 15) is 24.6 Å². The van der Waals surface area contributed by atoms with Crippen molar-refractivity contribution < 1.29 is 24.6 Å². The number of benzene rings is 2. The Bertz CT molecular complexity index is 1340. The Labute approximate surface area is 300 Å². The third-order valence-electron chi connectivity index (χ3n) is 9.77. The van der Waals surface area contributed by atoms with Gasteiger partial charge in [-0.05, 0) is 49.3 Å². The number of nitrogens with one attached hydrogen (secondary N) is 2. The molecule has 4 N–H and O–H groups in total. The van der Waals surface area contributed by atoms with E-state index in [0.29, 0.717) is 38.3 Å². The first kappa shape index (κ1) is 40.7. The van der Waals surface area contributed by atoms with Gasteiger partial charge in [-0.2, -0.15) is 0 Å². The lowest BCUT2D eigenvalue weighted by molar-refractivity contribution is -0.137. The van der Waals surface area contributed by atoms with E-state index in [-0.39, 0.29) is 24.7 Å². The molecule has 1 fully saturated rings. The molecule has 0 heterocycles. The van der Waals surface area contributed by atoms with Crippen LogP contribution >= 0.6 is 0 Å². The maximum atomic E-state index is 13.9. The summed E-state index contributed by atoms with van der Waals surface area (Å²) in [6, 6.07) is 17.9. The first-order chi connectivity index (χ1) is 24.0. The second-order valence-corrected chi connectivity index (χ2v) is 14.6. The summed E-state index contributed by atoms with van der Waals surface area (Å²) in [5.74, 6) is 1.16. The molecule has 9 heteroatoms.